The Balaban J connectivity index is 1.45. The summed E-state index contributed by atoms with van der Waals surface area (Å²) in [7, 11) is 1.60. The van der Waals surface area contributed by atoms with Crippen LogP contribution in [-0.2, 0) is 11.3 Å². The number of carbonyl (C=O) groups is 2. The van der Waals surface area contributed by atoms with Crippen LogP contribution in [0.3, 0.4) is 0 Å². The SMILES string of the molecule is COc1ccc(CNC(=O)CSc2nnc(C(=O)Nc3cccc(Cl)c3)s2)cc1. The molecule has 2 N–H and O–H groups in total. The van der Waals surface area contributed by atoms with Gasteiger partial charge in [-0.25, -0.2) is 0 Å². The Labute approximate surface area is 180 Å². The highest BCUT2D eigenvalue weighted by molar-refractivity contribution is 8.01. The Hall–Kier alpha value is -2.62. The second kappa shape index (κ2) is 10.2. The van der Waals surface area contributed by atoms with Crippen LogP contribution in [0.2, 0.25) is 5.02 Å². The molecule has 0 radical (unpaired) electrons. The molecule has 0 bridgehead atoms. The molecule has 150 valence electrons. The van der Waals surface area contributed by atoms with Gasteiger partial charge in [-0.3, -0.25) is 9.59 Å². The highest BCUT2D eigenvalue weighted by Crippen LogP contribution is 2.23. The number of halogens is 1. The Morgan fingerprint density at radius 1 is 1.17 bits per heavy atom. The molecule has 0 aliphatic carbocycles. The molecule has 0 aliphatic heterocycles. The molecule has 0 spiro atoms. The number of hydrogen-bond donors (Lipinski definition) is 2. The van der Waals surface area contributed by atoms with E-state index >= 15 is 0 Å². The lowest BCUT2D eigenvalue weighted by Crippen LogP contribution is -2.24. The molecule has 1 heterocycles. The molecular weight excluding hydrogens is 432 g/mol. The Kier molecular flexibility index (Phi) is 7.45. The van der Waals surface area contributed by atoms with Gasteiger partial charge < -0.3 is 15.4 Å². The number of aromatic nitrogens is 2. The van der Waals surface area contributed by atoms with Crippen LogP contribution in [0.15, 0.2) is 52.9 Å². The summed E-state index contributed by atoms with van der Waals surface area (Å²) in [6.07, 6.45) is 0. The van der Waals surface area contributed by atoms with Crippen molar-refractivity contribution in [2.75, 3.05) is 18.2 Å². The van der Waals surface area contributed by atoms with Crippen LogP contribution in [0.1, 0.15) is 15.4 Å². The number of nitrogens with zero attached hydrogens (tertiary/aromatic N) is 2. The molecule has 1 aromatic heterocycles. The van der Waals surface area contributed by atoms with Crippen molar-refractivity contribution in [2.24, 2.45) is 0 Å². The highest BCUT2D eigenvalue weighted by Gasteiger charge is 2.14. The van der Waals surface area contributed by atoms with Gasteiger partial charge >= 0.3 is 0 Å². The predicted molar refractivity (Wildman–Crippen MR) is 115 cm³/mol. The summed E-state index contributed by atoms with van der Waals surface area (Å²) >= 11 is 8.26. The first-order chi connectivity index (χ1) is 14.0. The van der Waals surface area contributed by atoms with Crippen molar-refractivity contribution in [2.45, 2.75) is 10.9 Å². The van der Waals surface area contributed by atoms with Crippen LogP contribution in [0.4, 0.5) is 5.69 Å². The molecule has 3 aromatic rings. The van der Waals surface area contributed by atoms with Crippen LogP contribution in [0, 0.1) is 0 Å². The third kappa shape index (κ3) is 6.45. The van der Waals surface area contributed by atoms with Crippen LogP contribution < -0.4 is 15.4 Å². The fourth-order valence-electron chi connectivity index (χ4n) is 2.23. The molecule has 7 nitrogen and oxygen atoms in total. The lowest BCUT2D eigenvalue weighted by Gasteiger charge is -2.05. The predicted octanol–water partition coefficient (Wildman–Crippen LogP) is 3.86. The minimum absolute atomic E-state index is 0.133. The molecule has 0 fully saturated rings. The first kappa shape index (κ1) is 21.1. The molecular formula is C19H17ClN4O3S2. The zero-order valence-electron chi connectivity index (χ0n) is 15.3. The topological polar surface area (TPSA) is 93.2 Å². The Morgan fingerprint density at radius 3 is 2.69 bits per heavy atom. The van der Waals surface area contributed by atoms with Gasteiger partial charge in [-0.05, 0) is 35.9 Å². The van der Waals surface area contributed by atoms with Crippen molar-refractivity contribution >= 4 is 52.2 Å². The molecule has 2 aromatic carbocycles. The summed E-state index contributed by atoms with van der Waals surface area (Å²) in [4.78, 5) is 24.3. The molecule has 0 saturated heterocycles. The van der Waals surface area contributed by atoms with Crippen molar-refractivity contribution in [3.8, 4) is 5.75 Å². The molecule has 0 unspecified atom stereocenters. The van der Waals surface area contributed by atoms with Crippen LogP contribution >= 0.6 is 34.7 Å². The molecule has 2 amide bonds. The fraction of sp³-hybridized carbons (Fsp3) is 0.158. The van der Waals surface area contributed by atoms with Crippen LogP contribution in [0.25, 0.3) is 0 Å². The van der Waals surface area contributed by atoms with Crippen molar-refractivity contribution in [1.82, 2.24) is 15.5 Å². The number of methoxy groups -OCH3 is 1. The molecule has 29 heavy (non-hydrogen) atoms. The number of anilines is 1. The largest absolute Gasteiger partial charge is 0.497 e. The van der Waals surface area contributed by atoms with E-state index in [1.54, 1.807) is 31.4 Å². The molecule has 0 atom stereocenters. The first-order valence-electron chi connectivity index (χ1n) is 8.46. The van der Waals surface area contributed by atoms with Crippen molar-refractivity contribution in [3.05, 3.63) is 64.1 Å². The number of benzene rings is 2. The van der Waals surface area contributed by atoms with Gasteiger partial charge in [0.05, 0.1) is 12.9 Å². The minimum atomic E-state index is -0.374. The van der Waals surface area contributed by atoms with Gasteiger partial charge in [0.15, 0.2) is 4.34 Å². The summed E-state index contributed by atoms with van der Waals surface area (Å²) in [5.74, 6) is 0.439. The third-order valence-corrected chi connectivity index (χ3v) is 5.95. The minimum Gasteiger partial charge on any atom is -0.497 e. The van der Waals surface area contributed by atoms with Gasteiger partial charge in [0.2, 0.25) is 10.9 Å². The van der Waals surface area contributed by atoms with Crippen molar-refractivity contribution < 1.29 is 14.3 Å². The molecule has 0 saturated carbocycles. The Bertz CT molecular complexity index is 995. The summed E-state index contributed by atoms with van der Waals surface area (Å²) in [6.45, 7) is 0.423. The summed E-state index contributed by atoms with van der Waals surface area (Å²) in [6, 6.07) is 14.3. The van der Waals surface area contributed by atoms with E-state index in [0.717, 1.165) is 22.6 Å². The number of thioether (sulfide) groups is 1. The van der Waals surface area contributed by atoms with Gasteiger partial charge in [-0.2, -0.15) is 0 Å². The maximum atomic E-state index is 12.2. The van der Waals surface area contributed by atoms with E-state index in [4.69, 9.17) is 16.3 Å². The smallest absolute Gasteiger partial charge is 0.286 e. The van der Waals surface area contributed by atoms with E-state index in [2.05, 4.69) is 20.8 Å². The summed E-state index contributed by atoms with van der Waals surface area (Å²) in [5, 5.41) is 14.1. The lowest BCUT2D eigenvalue weighted by atomic mass is 10.2. The second-order valence-electron chi connectivity index (χ2n) is 5.75. The van der Waals surface area contributed by atoms with Crippen molar-refractivity contribution in [1.29, 1.82) is 0 Å². The summed E-state index contributed by atoms with van der Waals surface area (Å²) < 4.78 is 5.65. The van der Waals surface area contributed by atoms with E-state index in [9.17, 15) is 9.59 Å². The maximum Gasteiger partial charge on any atom is 0.286 e. The lowest BCUT2D eigenvalue weighted by molar-refractivity contribution is -0.118. The average Bonchev–Trinajstić information content (AvgIpc) is 3.20. The van der Waals surface area contributed by atoms with Crippen molar-refractivity contribution in [3.63, 3.8) is 0 Å². The fourth-order valence-corrected chi connectivity index (χ4v) is 4.00. The first-order valence-corrected chi connectivity index (χ1v) is 10.6. The van der Waals surface area contributed by atoms with Gasteiger partial charge in [0.25, 0.3) is 5.91 Å². The van der Waals surface area contributed by atoms with E-state index in [1.807, 2.05) is 24.3 Å². The Morgan fingerprint density at radius 2 is 1.97 bits per heavy atom. The highest BCUT2D eigenvalue weighted by atomic mass is 35.5. The standard InChI is InChI=1S/C19H17ClN4O3S2/c1-27-15-7-5-12(6-8-15)10-21-16(25)11-28-19-24-23-18(29-19)17(26)22-14-4-2-3-13(20)9-14/h2-9H,10-11H2,1H3,(H,21,25)(H,22,26). The average molecular weight is 449 g/mol. The van der Waals surface area contributed by atoms with Crippen LogP contribution in [-0.4, -0.2) is 34.9 Å². The zero-order valence-corrected chi connectivity index (χ0v) is 17.7. The molecule has 10 heteroatoms. The van der Waals surface area contributed by atoms with E-state index < -0.39 is 0 Å². The maximum absolute atomic E-state index is 12.2. The molecule has 0 aliphatic rings. The zero-order chi connectivity index (χ0) is 20.6. The van der Waals surface area contributed by atoms with Crippen LogP contribution in [0.5, 0.6) is 5.75 Å². The third-order valence-electron chi connectivity index (χ3n) is 3.66. The number of ether oxygens (including phenoxy) is 1. The second-order valence-corrected chi connectivity index (χ2v) is 8.39. The quantitative estimate of drug-likeness (QED) is 0.508. The van der Waals surface area contributed by atoms with E-state index in [0.29, 0.717) is 21.6 Å². The van der Waals surface area contributed by atoms with Gasteiger partial charge in [0.1, 0.15) is 5.75 Å². The van der Waals surface area contributed by atoms with Gasteiger partial charge in [-0.15, -0.1) is 10.2 Å². The number of amides is 2. The normalized spacial score (nSPS) is 10.4. The van der Waals surface area contributed by atoms with Gasteiger partial charge in [0, 0.05) is 17.3 Å². The number of rotatable bonds is 8. The van der Waals surface area contributed by atoms with Gasteiger partial charge in [-0.1, -0.05) is 52.9 Å². The van der Waals surface area contributed by atoms with E-state index in [-0.39, 0.29) is 22.6 Å². The monoisotopic (exact) mass is 448 g/mol. The van der Waals surface area contributed by atoms with E-state index in [1.165, 1.54) is 11.8 Å². The number of hydrogen-bond acceptors (Lipinski definition) is 7. The summed E-state index contributed by atoms with van der Waals surface area (Å²) in [5.41, 5.74) is 1.55. The molecule has 3 rings (SSSR count). The number of carbonyl (C=O) groups excluding carboxylic acids is 2. The number of nitrogens with one attached hydrogen (secondary N) is 2.